The topological polar surface area (TPSA) is 79.9 Å². The first kappa shape index (κ1) is 22.8. The maximum Gasteiger partial charge on any atom is 0.258 e. The number of anilines is 2. The van der Waals surface area contributed by atoms with Crippen molar-refractivity contribution in [2.24, 2.45) is 5.92 Å². The molecule has 0 spiro atoms. The number of morpholine rings is 1. The Balaban J connectivity index is 1.52. The number of amides is 2. The summed E-state index contributed by atoms with van der Waals surface area (Å²) < 4.78 is 10.8. The number of thiophene rings is 1. The maximum absolute atomic E-state index is 13.3. The largest absolute Gasteiger partial charge is 0.494 e. The molecule has 7 nitrogen and oxygen atoms in total. The molecular weight excluding hydrogens is 426 g/mol. The molecule has 1 atom stereocenters. The van der Waals surface area contributed by atoms with Crippen LogP contribution in [-0.4, -0.2) is 56.2 Å². The molecule has 1 unspecified atom stereocenters. The third-order valence-electron chi connectivity index (χ3n) is 5.89. The highest BCUT2D eigenvalue weighted by atomic mass is 32.1. The molecule has 2 aliphatic rings. The number of hydrogen-bond donors (Lipinski definition) is 2. The first-order chi connectivity index (χ1) is 15.5. The fourth-order valence-electron chi connectivity index (χ4n) is 4.20. The predicted octanol–water partition coefficient (Wildman–Crippen LogP) is 3.79. The second-order valence-corrected chi connectivity index (χ2v) is 9.51. The van der Waals surface area contributed by atoms with Crippen LogP contribution in [0.1, 0.15) is 41.1 Å². The van der Waals surface area contributed by atoms with Crippen molar-refractivity contribution in [3.8, 4) is 5.75 Å². The van der Waals surface area contributed by atoms with E-state index in [0.29, 0.717) is 48.5 Å². The van der Waals surface area contributed by atoms with Gasteiger partial charge < -0.3 is 20.1 Å². The van der Waals surface area contributed by atoms with E-state index >= 15 is 0 Å². The van der Waals surface area contributed by atoms with Gasteiger partial charge in [-0.2, -0.15) is 0 Å². The van der Waals surface area contributed by atoms with E-state index in [1.54, 1.807) is 11.3 Å². The summed E-state index contributed by atoms with van der Waals surface area (Å²) >= 11 is 1.55. The van der Waals surface area contributed by atoms with Crippen LogP contribution in [0.25, 0.3) is 0 Å². The van der Waals surface area contributed by atoms with E-state index in [4.69, 9.17) is 9.47 Å². The molecule has 2 N–H and O–H groups in total. The van der Waals surface area contributed by atoms with Crippen LogP contribution in [0, 0.1) is 5.92 Å². The summed E-state index contributed by atoms with van der Waals surface area (Å²) in [7, 11) is 0. The van der Waals surface area contributed by atoms with E-state index in [0.717, 1.165) is 43.7 Å². The molecule has 1 aromatic heterocycles. The monoisotopic (exact) mass is 457 g/mol. The van der Waals surface area contributed by atoms with Crippen LogP contribution in [0.2, 0.25) is 0 Å². The molecule has 1 fully saturated rings. The Kier molecular flexibility index (Phi) is 7.44. The number of ether oxygens (including phenoxy) is 2. The first-order valence-electron chi connectivity index (χ1n) is 11.3. The van der Waals surface area contributed by atoms with E-state index in [2.05, 4.69) is 22.5 Å². The smallest absolute Gasteiger partial charge is 0.258 e. The number of carbonyl (C=O) groups excluding carboxylic acids is 2. The molecule has 1 aliphatic carbocycles. The van der Waals surface area contributed by atoms with Gasteiger partial charge in [0.2, 0.25) is 5.91 Å². The summed E-state index contributed by atoms with van der Waals surface area (Å²) in [4.78, 5) is 29.4. The van der Waals surface area contributed by atoms with E-state index in [1.807, 2.05) is 31.2 Å². The summed E-state index contributed by atoms with van der Waals surface area (Å²) in [6.45, 7) is 7.86. The van der Waals surface area contributed by atoms with Crippen LogP contribution in [0.4, 0.5) is 10.7 Å². The van der Waals surface area contributed by atoms with Gasteiger partial charge in [-0.15, -0.1) is 11.3 Å². The fraction of sp³-hybridized carbons (Fsp3) is 0.500. The van der Waals surface area contributed by atoms with Gasteiger partial charge in [-0.1, -0.05) is 6.92 Å². The third-order valence-corrected chi connectivity index (χ3v) is 7.06. The number of fused-ring (bicyclic) bond motifs is 1. The second kappa shape index (κ2) is 10.5. The second-order valence-electron chi connectivity index (χ2n) is 8.40. The number of nitrogens with one attached hydrogen (secondary N) is 2. The van der Waals surface area contributed by atoms with Crippen LogP contribution in [0.5, 0.6) is 5.75 Å². The van der Waals surface area contributed by atoms with Gasteiger partial charge in [0.05, 0.1) is 31.9 Å². The van der Waals surface area contributed by atoms with Gasteiger partial charge in [-0.3, -0.25) is 14.5 Å². The van der Waals surface area contributed by atoms with Gasteiger partial charge in [0.25, 0.3) is 5.91 Å². The zero-order valence-electron chi connectivity index (χ0n) is 18.7. The van der Waals surface area contributed by atoms with Gasteiger partial charge in [0, 0.05) is 23.7 Å². The molecule has 4 rings (SSSR count). The first-order valence-corrected chi connectivity index (χ1v) is 12.1. The van der Waals surface area contributed by atoms with Crippen molar-refractivity contribution >= 4 is 33.8 Å². The lowest BCUT2D eigenvalue weighted by Gasteiger charge is -2.25. The molecular formula is C24H31N3O4S. The minimum Gasteiger partial charge on any atom is -0.494 e. The molecule has 172 valence electrons. The van der Waals surface area contributed by atoms with Crippen molar-refractivity contribution < 1.29 is 19.1 Å². The molecule has 8 heteroatoms. The Morgan fingerprint density at radius 2 is 1.94 bits per heavy atom. The molecule has 0 radical (unpaired) electrons. The molecule has 32 heavy (non-hydrogen) atoms. The highest BCUT2D eigenvalue weighted by Crippen LogP contribution is 2.40. The van der Waals surface area contributed by atoms with Crippen molar-refractivity contribution in [2.45, 2.75) is 33.1 Å². The average molecular weight is 458 g/mol. The third kappa shape index (κ3) is 5.49. The van der Waals surface area contributed by atoms with Crippen LogP contribution < -0.4 is 15.4 Å². The minimum absolute atomic E-state index is 0.0892. The van der Waals surface area contributed by atoms with Crippen LogP contribution in [-0.2, 0) is 22.4 Å². The van der Waals surface area contributed by atoms with Crippen molar-refractivity contribution in [3.63, 3.8) is 0 Å². The molecule has 0 bridgehead atoms. The van der Waals surface area contributed by atoms with Gasteiger partial charge in [0.1, 0.15) is 10.8 Å². The van der Waals surface area contributed by atoms with Crippen LogP contribution in [0.3, 0.4) is 0 Å². The van der Waals surface area contributed by atoms with Crippen LogP contribution >= 0.6 is 11.3 Å². The highest BCUT2D eigenvalue weighted by Gasteiger charge is 2.29. The summed E-state index contributed by atoms with van der Waals surface area (Å²) in [5, 5.41) is 6.70. The lowest BCUT2D eigenvalue weighted by molar-refractivity contribution is -0.118. The van der Waals surface area contributed by atoms with E-state index in [1.165, 1.54) is 4.88 Å². The minimum atomic E-state index is -0.178. The zero-order valence-corrected chi connectivity index (χ0v) is 19.6. The summed E-state index contributed by atoms with van der Waals surface area (Å²) in [5.41, 5.74) is 2.40. The molecule has 1 aliphatic heterocycles. The number of nitrogens with zero attached hydrogens (tertiary/aromatic N) is 1. The predicted molar refractivity (Wildman–Crippen MR) is 127 cm³/mol. The van der Waals surface area contributed by atoms with Crippen LogP contribution in [0.15, 0.2) is 24.3 Å². The summed E-state index contributed by atoms with van der Waals surface area (Å²) in [5.74, 6) is 1.08. The Labute approximate surface area is 193 Å². The molecule has 1 saturated heterocycles. The fourth-order valence-corrected chi connectivity index (χ4v) is 5.63. The van der Waals surface area contributed by atoms with Crippen molar-refractivity contribution in [1.82, 2.24) is 4.90 Å². The van der Waals surface area contributed by atoms with E-state index in [-0.39, 0.29) is 11.8 Å². The van der Waals surface area contributed by atoms with Gasteiger partial charge in [0.15, 0.2) is 0 Å². The molecule has 2 heterocycles. The number of hydrogen-bond acceptors (Lipinski definition) is 6. The summed E-state index contributed by atoms with van der Waals surface area (Å²) in [6.07, 6.45) is 2.86. The van der Waals surface area contributed by atoms with Crippen molar-refractivity contribution in [3.05, 3.63) is 40.3 Å². The van der Waals surface area contributed by atoms with Crippen molar-refractivity contribution in [1.29, 1.82) is 0 Å². The van der Waals surface area contributed by atoms with Gasteiger partial charge in [-0.25, -0.2) is 0 Å². The molecule has 2 amide bonds. The van der Waals surface area contributed by atoms with E-state index in [9.17, 15) is 9.59 Å². The number of carbonyl (C=O) groups is 2. The SMILES string of the molecule is CCOc1ccc(NC(=O)c2c(NC(=O)CN3CCOCC3)sc3c2CCC(C)C3)cc1. The number of benzene rings is 1. The Morgan fingerprint density at radius 1 is 1.19 bits per heavy atom. The Bertz CT molecular complexity index is 951. The summed E-state index contributed by atoms with van der Waals surface area (Å²) in [6, 6.07) is 7.35. The van der Waals surface area contributed by atoms with Crippen molar-refractivity contribution in [2.75, 3.05) is 50.1 Å². The lowest BCUT2D eigenvalue weighted by atomic mass is 9.88. The zero-order chi connectivity index (χ0) is 22.5. The maximum atomic E-state index is 13.3. The number of rotatable bonds is 7. The molecule has 0 saturated carbocycles. The Hall–Kier alpha value is -2.42. The quantitative estimate of drug-likeness (QED) is 0.661. The van der Waals surface area contributed by atoms with E-state index < -0.39 is 0 Å². The Morgan fingerprint density at radius 3 is 2.66 bits per heavy atom. The lowest BCUT2D eigenvalue weighted by Crippen LogP contribution is -2.41. The normalized spacial score (nSPS) is 18.6. The van der Waals surface area contributed by atoms with Gasteiger partial charge in [-0.05, 0) is 61.9 Å². The molecule has 1 aromatic carbocycles. The highest BCUT2D eigenvalue weighted by molar-refractivity contribution is 7.17. The standard InChI is InChI=1S/C24H31N3O4S/c1-3-31-18-7-5-17(6-8-18)25-23(29)22-19-9-4-16(2)14-20(19)32-24(22)26-21(28)15-27-10-12-30-13-11-27/h5-8,16H,3-4,9-15H2,1-2H3,(H,25,29)(H,26,28). The molecule has 2 aromatic rings. The average Bonchev–Trinajstić information content (AvgIpc) is 3.12. The van der Waals surface area contributed by atoms with Gasteiger partial charge >= 0.3 is 0 Å².